The highest BCUT2D eigenvalue weighted by atomic mass is 35.5. The Kier molecular flexibility index (Phi) is 7.47. The second-order valence-corrected chi connectivity index (χ2v) is 7.86. The van der Waals surface area contributed by atoms with E-state index >= 15 is 0 Å². The van der Waals surface area contributed by atoms with Crippen LogP contribution in [0.1, 0.15) is 13.8 Å². The molecule has 0 aliphatic carbocycles. The van der Waals surface area contributed by atoms with Crippen molar-refractivity contribution in [3.05, 3.63) is 22.2 Å². The van der Waals surface area contributed by atoms with Gasteiger partial charge in [-0.2, -0.15) is 0 Å². The molecule has 0 aliphatic heterocycles. The van der Waals surface area contributed by atoms with Gasteiger partial charge in [-0.15, -0.1) is 11.8 Å². The third-order valence-corrected chi connectivity index (χ3v) is 6.10. The number of hydrogen-bond donors (Lipinski definition) is 0. The molecule has 19 heavy (non-hydrogen) atoms. The molecule has 0 unspecified atom stereocenters. The van der Waals surface area contributed by atoms with Crippen LogP contribution in [0.5, 0.6) is 5.75 Å². The average Bonchev–Trinajstić information content (AvgIpc) is 2.33. The molecular formula is C11H15Cl2O3PS2. The van der Waals surface area contributed by atoms with Crippen molar-refractivity contribution < 1.29 is 13.6 Å². The van der Waals surface area contributed by atoms with E-state index in [1.807, 2.05) is 20.1 Å². The SMILES string of the molecule is CCOP(=S)(OCC)Oc1cc(Cl)c(Cl)c(SC)c1. The highest BCUT2D eigenvalue weighted by molar-refractivity contribution is 8.07. The van der Waals surface area contributed by atoms with Gasteiger partial charge in [0.25, 0.3) is 0 Å². The first-order valence-electron chi connectivity index (χ1n) is 5.57. The maximum absolute atomic E-state index is 6.07. The van der Waals surface area contributed by atoms with E-state index in [1.165, 1.54) is 11.8 Å². The van der Waals surface area contributed by atoms with Gasteiger partial charge < -0.3 is 4.52 Å². The van der Waals surface area contributed by atoms with Crippen LogP contribution in [0.2, 0.25) is 10.0 Å². The van der Waals surface area contributed by atoms with Gasteiger partial charge in [-0.05, 0) is 26.2 Å². The van der Waals surface area contributed by atoms with Crippen LogP contribution in [0.25, 0.3) is 0 Å². The van der Waals surface area contributed by atoms with Crippen molar-refractivity contribution in [2.24, 2.45) is 0 Å². The quantitative estimate of drug-likeness (QED) is 0.479. The van der Waals surface area contributed by atoms with E-state index < -0.39 is 6.72 Å². The van der Waals surface area contributed by atoms with E-state index in [0.717, 1.165) is 4.90 Å². The number of halogens is 2. The van der Waals surface area contributed by atoms with E-state index in [-0.39, 0.29) is 0 Å². The molecule has 3 nitrogen and oxygen atoms in total. The summed E-state index contributed by atoms with van der Waals surface area (Å²) in [6.45, 7) is 1.74. The maximum Gasteiger partial charge on any atom is 0.380 e. The minimum absolute atomic E-state index is 0.415. The third-order valence-electron chi connectivity index (χ3n) is 1.98. The van der Waals surface area contributed by atoms with Crippen LogP contribution >= 0.6 is 41.7 Å². The van der Waals surface area contributed by atoms with E-state index in [1.54, 1.807) is 12.1 Å². The smallest absolute Gasteiger partial charge is 0.380 e. The summed E-state index contributed by atoms with van der Waals surface area (Å²) in [7, 11) is 0. The lowest BCUT2D eigenvalue weighted by molar-refractivity contribution is 0.218. The Balaban J connectivity index is 3.03. The fourth-order valence-electron chi connectivity index (χ4n) is 1.28. The lowest BCUT2D eigenvalue weighted by Crippen LogP contribution is -2.02. The van der Waals surface area contributed by atoms with Crippen molar-refractivity contribution in [3.8, 4) is 5.75 Å². The Morgan fingerprint density at radius 3 is 2.26 bits per heavy atom. The predicted octanol–water partition coefficient (Wildman–Crippen LogP) is 5.39. The van der Waals surface area contributed by atoms with Gasteiger partial charge in [-0.1, -0.05) is 23.2 Å². The van der Waals surface area contributed by atoms with E-state index in [9.17, 15) is 0 Å². The van der Waals surface area contributed by atoms with Crippen LogP contribution in [-0.4, -0.2) is 19.5 Å². The molecule has 108 valence electrons. The summed E-state index contributed by atoms with van der Waals surface area (Å²) in [6.07, 6.45) is 1.91. The minimum atomic E-state index is -2.78. The van der Waals surface area contributed by atoms with Crippen LogP contribution in [0, 0.1) is 0 Å². The molecule has 0 saturated heterocycles. The molecule has 0 amide bonds. The molecule has 1 aromatic rings. The van der Waals surface area contributed by atoms with Crippen LogP contribution < -0.4 is 4.52 Å². The zero-order valence-electron chi connectivity index (χ0n) is 10.8. The van der Waals surface area contributed by atoms with Gasteiger partial charge in [0.1, 0.15) is 5.75 Å². The monoisotopic (exact) mass is 360 g/mol. The number of thioether (sulfide) groups is 1. The Bertz CT molecular complexity index is 475. The molecule has 8 heteroatoms. The van der Waals surface area contributed by atoms with Crippen molar-refractivity contribution in [2.75, 3.05) is 19.5 Å². The van der Waals surface area contributed by atoms with Crippen molar-refractivity contribution in [1.29, 1.82) is 0 Å². The molecule has 0 N–H and O–H groups in total. The topological polar surface area (TPSA) is 27.7 Å². The van der Waals surface area contributed by atoms with Crippen LogP contribution in [0.15, 0.2) is 17.0 Å². The van der Waals surface area contributed by atoms with Gasteiger partial charge in [0.2, 0.25) is 0 Å². The second-order valence-electron chi connectivity index (χ2n) is 3.30. The normalized spacial score (nSPS) is 11.6. The van der Waals surface area contributed by atoms with Gasteiger partial charge in [-0.3, -0.25) is 9.05 Å². The Morgan fingerprint density at radius 2 is 1.79 bits per heavy atom. The standard InChI is InChI=1S/C11H15Cl2O3PS2/c1-4-14-17(18,15-5-2)16-8-6-9(12)11(13)10(7-8)19-3/h6-7H,4-5H2,1-3H3. The maximum atomic E-state index is 6.07. The lowest BCUT2D eigenvalue weighted by atomic mass is 10.3. The first-order chi connectivity index (χ1) is 8.95. The van der Waals surface area contributed by atoms with E-state index in [2.05, 4.69) is 0 Å². The lowest BCUT2D eigenvalue weighted by Gasteiger charge is -2.21. The summed E-state index contributed by atoms with van der Waals surface area (Å²) in [4.78, 5) is 0.818. The predicted molar refractivity (Wildman–Crippen MR) is 86.4 cm³/mol. The third kappa shape index (κ3) is 5.09. The molecule has 1 rings (SSSR count). The first kappa shape index (κ1) is 17.6. The molecule has 0 saturated carbocycles. The van der Waals surface area contributed by atoms with Crippen molar-refractivity contribution in [3.63, 3.8) is 0 Å². The minimum Gasteiger partial charge on any atom is -0.424 e. The molecule has 0 aromatic heterocycles. The average molecular weight is 361 g/mol. The molecule has 0 aliphatic rings. The fourth-order valence-corrected chi connectivity index (χ4v) is 4.47. The van der Waals surface area contributed by atoms with Gasteiger partial charge in [-0.25, -0.2) is 0 Å². The Hall–Kier alpha value is 0.520. The number of rotatable bonds is 7. The molecule has 0 heterocycles. The highest BCUT2D eigenvalue weighted by Gasteiger charge is 2.22. The summed E-state index contributed by atoms with van der Waals surface area (Å²) in [5.74, 6) is 0.504. The second kappa shape index (κ2) is 8.08. The molecule has 0 atom stereocenters. The Labute approximate surface area is 133 Å². The summed E-state index contributed by atoms with van der Waals surface area (Å²) in [5, 5.41) is 0.917. The molecule has 0 fully saturated rings. The molecule has 0 spiro atoms. The summed E-state index contributed by atoms with van der Waals surface area (Å²) in [6, 6.07) is 3.39. The summed E-state index contributed by atoms with van der Waals surface area (Å²) < 4.78 is 16.5. The van der Waals surface area contributed by atoms with Gasteiger partial charge in [0, 0.05) is 22.8 Å². The van der Waals surface area contributed by atoms with Gasteiger partial charge >= 0.3 is 6.72 Å². The van der Waals surface area contributed by atoms with Crippen molar-refractivity contribution in [1.82, 2.24) is 0 Å². The zero-order valence-corrected chi connectivity index (χ0v) is 14.9. The van der Waals surface area contributed by atoms with Crippen LogP contribution in [0.4, 0.5) is 0 Å². The van der Waals surface area contributed by atoms with E-state index in [4.69, 9.17) is 48.6 Å². The summed E-state index contributed by atoms with van der Waals surface area (Å²) in [5.41, 5.74) is 0. The van der Waals surface area contributed by atoms with Crippen LogP contribution in [0.3, 0.4) is 0 Å². The molecular weight excluding hydrogens is 346 g/mol. The van der Waals surface area contributed by atoms with Crippen molar-refractivity contribution >= 4 is 53.5 Å². The van der Waals surface area contributed by atoms with E-state index in [0.29, 0.717) is 29.0 Å². The molecule has 1 aromatic carbocycles. The number of hydrogen-bond acceptors (Lipinski definition) is 5. The summed E-state index contributed by atoms with van der Waals surface area (Å²) >= 11 is 18.9. The zero-order chi connectivity index (χ0) is 14.5. The largest absolute Gasteiger partial charge is 0.424 e. The highest BCUT2D eigenvalue weighted by Crippen LogP contribution is 2.51. The Morgan fingerprint density at radius 1 is 1.21 bits per heavy atom. The molecule has 0 bridgehead atoms. The van der Waals surface area contributed by atoms with Crippen LogP contribution in [-0.2, 0) is 20.9 Å². The van der Waals surface area contributed by atoms with Gasteiger partial charge in [0.15, 0.2) is 0 Å². The van der Waals surface area contributed by atoms with Crippen molar-refractivity contribution in [2.45, 2.75) is 18.7 Å². The van der Waals surface area contributed by atoms with Gasteiger partial charge in [0.05, 0.1) is 23.3 Å². The number of benzene rings is 1. The molecule has 0 radical (unpaired) electrons. The fraction of sp³-hybridized carbons (Fsp3) is 0.455. The first-order valence-corrected chi connectivity index (χ1v) is 10.1.